The molecule has 0 bridgehead atoms. The van der Waals surface area contributed by atoms with Crippen LogP contribution in [-0.4, -0.2) is 57.8 Å². The molecule has 1 fully saturated rings. The summed E-state index contributed by atoms with van der Waals surface area (Å²) in [6.45, 7) is 5.93. The summed E-state index contributed by atoms with van der Waals surface area (Å²) < 4.78 is 5.04. The average molecular weight is 452 g/mol. The molecule has 2 heterocycles. The number of methoxy groups -OCH3 is 1. The molecule has 0 aliphatic carbocycles. The van der Waals surface area contributed by atoms with Crippen LogP contribution in [0.4, 0.5) is 0 Å². The van der Waals surface area contributed by atoms with Crippen LogP contribution in [0.5, 0.6) is 0 Å². The van der Waals surface area contributed by atoms with Crippen LogP contribution in [0.25, 0.3) is 0 Å². The number of thiophene rings is 1. The number of aliphatic imine (C=N–C) groups is 1. The van der Waals surface area contributed by atoms with Crippen molar-refractivity contribution in [2.75, 3.05) is 46.9 Å². The number of hydrogen-bond acceptors (Lipinski definition) is 4. The summed E-state index contributed by atoms with van der Waals surface area (Å²) in [7, 11) is 3.52. The highest BCUT2D eigenvalue weighted by atomic mass is 127. The van der Waals surface area contributed by atoms with Gasteiger partial charge in [0.25, 0.3) is 0 Å². The van der Waals surface area contributed by atoms with E-state index in [0.29, 0.717) is 12.5 Å². The summed E-state index contributed by atoms with van der Waals surface area (Å²) >= 11 is 1.85. The Morgan fingerprint density at radius 3 is 3.04 bits per heavy atom. The zero-order chi connectivity index (χ0) is 15.6. The second-order valence-corrected chi connectivity index (χ2v) is 6.73. The Morgan fingerprint density at radius 2 is 2.35 bits per heavy atom. The Hall–Kier alpha value is -0.380. The Bertz CT molecular complexity index is 441. The molecule has 0 spiro atoms. The van der Waals surface area contributed by atoms with Gasteiger partial charge in [0, 0.05) is 45.2 Å². The normalized spacial score (nSPS) is 19.2. The molecule has 0 radical (unpaired) electrons. The van der Waals surface area contributed by atoms with Crippen molar-refractivity contribution in [3.63, 3.8) is 0 Å². The number of rotatable bonds is 7. The molecule has 23 heavy (non-hydrogen) atoms. The molecule has 1 aliphatic rings. The van der Waals surface area contributed by atoms with Crippen LogP contribution in [-0.2, 0) is 11.3 Å². The molecule has 2 N–H and O–H groups in total. The lowest BCUT2D eigenvalue weighted by molar-refractivity contribution is 0.169. The van der Waals surface area contributed by atoms with Gasteiger partial charge >= 0.3 is 0 Å². The average Bonchev–Trinajstić information content (AvgIpc) is 3.04. The standard InChI is InChI=1S/C16H28N4OS.HI/c1-17-16(18-7-9-21-2)19-11-14-5-3-8-20(12-14)13-15-6-4-10-22-15;/h4,6,10,14H,3,5,7-9,11-13H2,1-2H3,(H2,17,18,19);1H. The molecule has 1 saturated heterocycles. The van der Waals surface area contributed by atoms with Crippen LogP contribution in [0.1, 0.15) is 17.7 Å². The number of guanidine groups is 1. The lowest BCUT2D eigenvalue weighted by atomic mass is 9.98. The fraction of sp³-hybridized carbons (Fsp3) is 0.688. The number of halogens is 1. The molecule has 1 aliphatic heterocycles. The second kappa shape index (κ2) is 12.0. The van der Waals surface area contributed by atoms with Crippen molar-refractivity contribution >= 4 is 41.3 Å². The van der Waals surface area contributed by atoms with Crippen LogP contribution < -0.4 is 10.6 Å². The SMILES string of the molecule is CN=C(NCCOC)NCC1CCCN(Cc2cccs2)C1.I. The fourth-order valence-electron chi connectivity index (χ4n) is 2.82. The topological polar surface area (TPSA) is 48.9 Å². The summed E-state index contributed by atoms with van der Waals surface area (Å²) in [6.07, 6.45) is 2.58. The summed E-state index contributed by atoms with van der Waals surface area (Å²) in [6, 6.07) is 4.37. The van der Waals surface area contributed by atoms with Crippen LogP contribution in [0.15, 0.2) is 22.5 Å². The van der Waals surface area contributed by atoms with E-state index in [9.17, 15) is 0 Å². The largest absolute Gasteiger partial charge is 0.383 e. The fourth-order valence-corrected chi connectivity index (χ4v) is 3.56. The van der Waals surface area contributed by atoms with Gasteiger partial charge in [0.1, 0.15) is 0 Å². The number of piperidine rings is 1. The molecule has 5 nitrogen and oxygen atoms in total. The molecule has 0 amide bonds. The molecule has 2 rings (SSSR count). The van der Waals surface area contributed by atoms with Gasteiger partial charge in [0.05, 0.1) is 6.61 Å². The van der Waals surface area contributed by atoms with E-state index in [-0.39, 0.29) is 24.0 Å². The Balaban J connectivity index is 0.00000264. The third-order valence-corrected chi connectivity index (χ3v) is 4.80. The van der Waals surface area contributed by atoms with E-state index >= 15 is 0 Å². The van der Waals surface area contributed by atoms with Crippen molar-refractivity contribution < 1.29 is 4.74 Å². The number of likely N-dealkylation sites (tertiary alicyclic amines) is 1. The summed E-state index contributed by atoms with van der Waals surface area (Å²) in [5.41, 5.74) is 0. The van der Waals surface area contributed by atoms with Gasteiger partial charge in [-0.25, -0.2) is 0 Å². The number of nitrogens with one attached hydrogen (secondary N) is 2. The molecule has 1 aromatic heterocycles. The van der Waals surface area contributed by atoms with Crippen LogP contribution in [0, 0.1) is 5.92 Å². The maximum absolute atomic E-state index is 5.04. The van der Waals surface area contributed by atoms with Crippen LogP contribution in [0.2, 0.25) is 0 Å². The summed E-state index contributed by atoms with van der Waals surface area (Å²) in [5.74, 6) is 1.56. The minimum atomic E-state index is 0. The summed E-state index contributed by atoms with van der Waals surface area (Å²) in [5, 5.41) is 8.86. The molecule has 0 saturated carbocycles. The van der Waals surface area contributed by atoms with E-state index in [1.807, 2.05) is 18.4 Å². The maximum atomic E-state index is 5.04. The van der Waals surface area contributed by atoms with E-state index in [1.54, 1.807) is 7.11 Å². The van der Waals surface area contributed by atoms with Crippen LogP contribution in [0.3, 0.4) is 0 Å². The first-order valence-electron chi connectivity index (χ1n) is 8.00. The van der Waals surface area contributed by atoms with Gasteiger partial charge in [-0.3, -0.25) is 9.89 Å². The zero-order valence-electron chi connectivity index (χ0n) is 14.1. The van der Waals surface area contributed by atoms with Gasteiger partial charge in [-0.1, -0.05) is 6.07 Å². The first kappa shape index (κ1) is 20.7. The molecule has 1 atom stereocenters. The van der Waals surface area contributed by atoms with Gasteiger partial charge in [0.15, 0.2) is 5.96 Å². The molecule has 7 heteroatoms. The molecular formula is C16H29IN4OS. The monoisotopic (exact) mass is 452 g/mol. The van der Waals surface area contributed by atoms with E-state index in [0.717, 1.165) is 25.6 Å². The highest BCUT2D eigenvalue weighted by molar-refractivity contribution is 14.0. The van der Waals surface area contributed by atoms with Crippen molar-refractivity contribution in [3.05, 3.63) is 22.4 Å². The van der Waals surface area contributed by atoms with Crippen molar-refractivity contribution in [3.8, 4) is 0 Å². The van der Waals surface area contributed by atoms with E-state index in [4.69, 9.17) is 4.74 Å². The van der Waals surface area contributed by atoms with E-state index in [2.05, 4.69) is 38.0 Å². The lowest BCUT2D eigenvalue weighted by Gasteiger charge is -2.32. The molecule has 1 unspecified atom stereocenters. The molecule has 1 aromatic rings. The summed E-state index contributed by atoms with van der Waals surface area (Å²) in [4.78, 5) is 8.29. The first-order chi connectivity index (χ1) is 10.8. The highest BCUT2D eigenvalue weighted by Gasteiger charge is 2.20. The maximum Gasteiger partial charge on any atom is 0.191 e. The number of ether oxygens (including phenoxy) is 1. The first-order valence-corrected chi connectivity index (χ1v) is 8.88. The van der Waals surface area contributed by atoms with Crippen molar-refractivity contribution in [1.82, 2.24) is 15.5 Å². The van der Waals surface area contributed by atoms with E-state index in [1.165, 1.54) is 30.8 Å². The Labute approximate surface area is 160 Å². The number of nitrogens with zero attached hydrogens (tertiary/aromatic N) is 2. The molecular weight excluding hydrogens is 423 g/mol. The smallest absolute Gasteiger partial charge is 0.191 e. The lowest BCUT2D eigenvalue weighted by Crippen LogP contribution is -2.44. The predicted molar refractivity (Wildman–Crippen MR) is 109 cm³/mol. The van der Waals surface area contributed by atoms with Crippen molar-refractivity contribution in [2.45, 2.75) is 19.4 Å². The van der Waals surface area contributed by atoms with Gasteiger partial charge in [-0.15, -0.1) is 35.3 Å². The quantitative estimate of drug-likeness (QED) is 0.289. The van der Waals surface area contributed by atoms with Crippen LogP contribution >= 0.6 is 35.3 Å². The predicted octanol–water partition coefficient (Wildman–Crippen LogP) is 2.39. The van der Waals surface area contributed by atoms with Gasteiger partial charge < -0.3 is 15.4 Å². The minimum absolute atomic E-state index is 0. The minimum Gasteiger partial charge on any atom is -0.383 e. The zero-order valence-corrected chi connectivity index (χ0v) is 17.2. The third kappa shape index (κ3) is 7.82. The second-order valence-electron chi connectivity index (χ2n) is 5.70. The Kier molecular flexibility index (Phi) is 10.8. The van der Waals surface area contributed by atoms with E-state index < -0.39 is 0 Å². The highest BCUT2D eigenvalue weighted by Crippen LogP contribution is 2.19. The van der Waals surface area contributed by atoms with Gasteiger partial charge in [0.2, 0.25) is 0 Å². The molecule has 132 valence electrons. The van der Waals surface area contributed by atoms with Gasteiger partial charge in [-0.2, -0.15) is 0 Å². The molecule has 0 aromatic carbocycles. The third-order valence-electron chi connectivity index (χ3n) is 3.94. The van der Waals surface area contributed by atoms with Crippen molar-refractivity contribution in [2.24, 2.45) is 10.9 Å². The number of hydrogen-bond donors (Lipinski definition) is 2. The van der Waals surface area contributed by atoms with Gasteiger partial charge in [-0.05, 0) is 36.8 Å². The van der Waals surface area contributed by atoms with Crippen molar-refractivity contribution in [1.29, 1.82) is 0 Å². The Morgan fingerprint density at radius 1 is 1.48 bits per heavy atom.